The zero-order chi connectivity index (χ0) is 23.0. The van der Waals surface area contributed by atoms with Crippen molar-refractivity contribution in [1.82, 2.24) is 9.97 Å². The maximum Gasteiger partial charge on any atom is 0.267 e. The minimum Gasteiger partial charge on any atom is -0.497 e. The van der Waals surface area contributed by atoms with Gasteiger partial charge in [-0.1, -0.05) is 35.9 Å². The fourth-order valence-corrected chi connectivity index (χ4v) is 5.31. The van der Waals surface area contributed by atoms with Crippen molar-refractivity contribution in [3.63, 3.8) is 0 Å². The summed E-state index contributed by atoms with van der Waals surface area (Å²) < 4.78 is 33.6. The lowest BCUT2D eigenvalue weighted by Crippen LogP contribution is -2.36. The molecule has 0 unspecified atom stereocenters. The monoisotopic (exact) mass is 480 g/mol. The van der Waals surface area contributed by atoms with Gasteiger partial charge in [0.25, 0.3) is 10.0 Å². The third-order valence-electron chi connectivity index (χ3n) is 5.60. The second kappa shape index (κ2) is 8.53. The van der Waals surface area contributed by atoms with Crippen LogP contribution in [-0.4, -0.2) is 38.7 Å². The van der Waals surface area contributed by atoms with E-state index >= 15 is 0 Å². The normalized spacial score (nSPS) is 13.4. The molecule has 0 bridgehead atoms. The Labute approximate surface area is 197 Å². The van der Waals surface area contributed by atoms with E-state index < -0.39 is 10.0 Å². The number of hydrogen-bond donors (Lipinski definition) is 0. The largest absolute Gasteiger partial charge is 0.497 e. The molecular formula is C24H21ClN4O3S. The number of anilines is 2. The van der Waals surface area contributed by atoms with Crippen LogP contribution in [-0.2, 0) is 16.4 Å². The maximum atomic E-state index is 13.5. The van der Waals surface area contributed by atoms with Gasteiger partial charge >= 0.3 is 0 Å². The summed E-state index contributed by atoms with van der Waals surface area (Å²) in [5.74, 6) is 1.68. The van der Waals surface area contributed by atoms with Gasteiger partial charge in [-0.3, -0.25) is 0 Å². The smallest absolute Gasteiger partial charge is 0.267 e. The van der Waals surface area contributed by atoms with Gasteiger partial charge in [-0.05, 0) is 60.5 Å². The van der Waals surface area contributed by atoms with Crippen LogP contribution in [0.25, 0.3) is 11.0 Å². The number of methoxy groups -OCH3 is 1. The van der Waals surface area contributed by atoms with Crippen molar-refractivity contribution >= 4 is 44.3 Å². The van der Waals surface area contributed by atoms with E-state index in [1.54, 1.807) is 19.2 Å². The lowest BCUT2D eigenvalue weighted by molar-refractivity contribution is 0.414. The van der Waals surface area contributed by atoms with Crippen molar-refractivity contribution in [3.8, 4) is 5.75 Å². The molecule has 168 valence electrons. The molecule has 0 fully saturated rings. The second-order valence-electron chi connectivity index (χ2n) is 7.67. The first-order valence-corrected chi connectivity index (χ1v) is 12.2. The average molecular weight is 481 g/mol. The van der Waals surface area contributed by atoms with Crippen molar-refractivity contribution < 1.29 is 13.2 Å². The van der Waals surface area contributed by atoms with E-state index in [0.29, 0.717) is 35.1 Å². The number of benzene rings is 3. The lowest BCUT2D eigenvalue weighted by Gasteiger charge is -2.20. The predicted octanol–water partition coefficient (Wildman–Crippen LogP) is 4.51. The van der Waals surface area contributed by atoms with Crippen LogP contribution in [0.1, 0.15) is 5.56 Å². The molecule has 7 nitrogen and oxygen atoms in total. The molecule has 0 spiro atoms. The topological polar surface area (TPSA) is 75.6 Å². The molecule has 0 radical (unpaired) electrons. The summed E-state index contributed by atoms with van der Waals surface area (Å²) in [5, 5.41) is 0.475. The summed E-state index contributed by atoms with van der Waals surface area (Å²) in [7, 11) is -2.21. The van der Waals surface area contributed by atoms with E-state index in [-0.39, 0.29) is 11.6 Å². The Hall–Kier alpha value is -3.36. The minimum atomic E-state index is -3.85. The molecule has 1 aliphatic rings. The fourth-order valence-electron chi connectivity index (χ4n) is 3.81. The van der Waals surface area contributed by atoms with Crippen molar-refractivity contribution in [2.24, 2.45) is 0 Å². The summed E-state index contributed by atoms with van der Waals surface area (Å²) in [6.07, 6.45) is 0.715. The van der Waals surface area contributed by atoms with Crippen LogP contribution in [0, 0.1) is 0 Å². The third-order valence-corrected chi connectivity index (χ3v) is 7.59. The highest BCUT2D eigenvalue weighted by molar-refractivity contribution is 7.92. The van der Waals surface area contributed by atoms with Gasteiger partial charge < -0.3 is 9.64 Å². The van der Waals surface area contributed by atoms with Crippen molar-refractivity contribution in [3.05, 3.63) is 83.4 Å². The fraction of sp³-hybridized carbons (Fsp3) is 0.167. The van der Waals surface area contributed by atoms with Gasteiger partial charge in [0.1, 0.15) is 12.4 Å². The molecule has 1 aromatic heterocycles. The molecule has 0 N–H and O–H groups in total. The predicted molar refractivity (Wildman–Crippen MR) is 130 cm³/mol. The first kappa shape index (κ1) is 21.5. The maximum absolute atomic E-state index is 13.5. The van der Waals surface area contributed by atoms with E-state index in [4.69, 9.17) is 21.3 Å². The van der Waals surface area contributed by atoms with Crippen LogP contribution in [0.2, 0.25) is 5.02 Å². The number of rotatable bonds is 6. The Kier molecular flexibility index (Phi) is 5.55. The van der Waals surface area contributed by atoms with Gasteiger partial charge in [0, 0.05) is 11.6 Å². The van der Waals surface area contributed by atoms with Crippen LogP contribution >= 0.6 is 11.6 Å². The molecule has 0 amide bonds. The molecule has 1 aliphatic heterocycles. The molecule has 33 heavy (non-hydrogen) atoms. The van der Waals surface area contributed by atoms with E-state index in [0.717, 1.165) is 16.8 Å². The van der Waals surface area contributed by atoms with Crippen molar-refractivity contribution in [2.75, 3.05) is 29.5 Å². The van der Waals surface area contributed by atoms with E-state index in [1.807, 2.05) is 53.4 Å². The van der Waals surface area contributed by atoms with Gasteiger partial charge in [0.05, 0.1) is 23.0 Å². The van der Waals surface area contributed by atoms with Crippen molar-refractivity contribution in [2.45, 2.75) is 11.3 Å². The van der Waals surface area contributed by atoms with Gasteiger partial charge in [0.2, 0.25) is 0 Å². The van der Waals surface area contributed by atoms with Gasteiger partial charge in [-0.15, -0.1) is 0 Å². The number of aromatic nitrogens is 2. The summed E-state index contributed by atoms with van der Waals surface area (Å²) >= 11 is 5.96. The Morgan fingerprint density at radius 2 is 1.55 bits per heavy atom. The molecule has 0 saturated carbocycles. The SMILES string of the molecule is COc1ccc(CCN2CN(S(=O)(=O)c3ccc(Cl)cc3)c3nc4ccccc4nc32)cc1. The number of para-hydroxylation sites is 2. The molecule has 0 saturated heterocycles. The highest BCUT2D eigenvalue weighted by Crippen LogP contribution is 2.37. The van der Waals surface area contributed by atoms with Gasteiger partial charge in [-0.2, -0.15) is 0 Å². The molecule has 3 aromatic carbocycles. The number of halogens is 1. The van der Waals surface area contributed by atoms with Crippen LogP contribution in [0.5, 0.6) is 5.75 Å². The van der Waals surface area contributed by atoms with Crippen LogP contribution in [0.4, 0.5) is 11.6 Å². The number of ether oxygens (including phenoxy) is 1. The molecule has 5 rings (SSSR count). The lowest BCUT2D eigenvalue weighted by atomic mass is 10.1. The Morgan fingerprint density at radius 1 is 0.909 bits per heavy atom. The van der Waals surface area contributed by atoms with Crippen LogP contribution < -0.4 is 13.9 Å². The second-order valence-corrected chi connectivity index (χ2v) is 9.97. The highest BCUT2D eigenvalue weighted by atomic mass is 35.5. The summed E-state index contributed by atoms with van der Waals surface area (Å²) in [5.41, 5.74) is 2.48. The number of fused-ring (bicyclic) bond motifs is 2. The zero-order valence-corrected chi connectivity index (χ0v) is 19.4. The number of nitrogens with zero attached hydrogens (tertiary/aromatic N) is 4. The first-order valence-electron chi connectivity index (χ1n) is 10.4. The molecule has 2 heterocycles. The van der Waals surface area contributed by atoms with Crippen molar-refractivity contribution in [1.29, 1.82) is 0 Å². The standard InChI is InChI=1S/C24H21ClN4O3S/c1-32-19-10-6-17(7-11-19)14-15-28-16-29(33(30,31)20-12-8-18(25)9-13-20)24-23(28)26-21-4-2-3-5-22(21)27-24/h2-13H,14-16H2,1H3. The first-order chi connectivity index (χ1) is 16.0. The summed E-state index contributed by atoms with van der Waals surface area (Å²) in [6, 6.07) is 21.4. The molecular weight excluding hydrogens is 460 g/mol. The van der Waals surface area contributed by atoms with E-state index in [9.17, 15) is 8.42 Å². The van der Waals surface area contributed by atoms with Crippen LogP contribution in [0.15, 0.2) is 77.7 Å². The average Bonchev–Trinajstić information content (AvgIpc) is 3.20. The summed E-state index contributed by atoms with van der Waals surface area (Å²) in [6.45, 7) is 0.714. The van der Waals surface area contributed by atoms with Gasteiger partial charge in [-0.25, -0.2) is 22.7 Å². The quantitative estimate of drug-likeness (QED) is 0.404. The Balaban J connectivity index is 1.51. The highest BCUT2D eigenvalue weighted by Gasteiger charge is 2.37. The number of hydrogen-bond acceptors (Lipinski definition) is 6. The van der Waals surface area contributed by atoms with Gasteiger partial charge in [0.15, 0.2) is 11.6 Å². The molecule has 0 aliphatic carbocycles. The minimum absolute atomic E-state index is 0.132. The third kappa shape index (κ3) is 4.07. The van der Waals surface area contributed by atoms with Crippen LogP contribution in [0.3, 0.4) is 0 Å². The molecule has 9 heteroatoms. The van der Waals surface area contributed by atoms with E-state index in [2.05, 4.69) is 4.98 Å². The number of sulfonamides is 1. The molecule has 0 atom stereocenters. The summed E-state index contributed by atoms with van der Waals surface area (Å²) in [4.78, 5) is 11.5. The zero-order valence-electron chi connectivity index (χ0n) is 17.8. The Bertz CT molecular complexity index is 1410. The van der Waals surface area contributed by atoms with E-state index in [1.165, 1.54) is 16.4 Å². The molecule has 4 aromatic rings. The Morgan fingerprint density at radius 3 is 2.18 bits per heavy atom.